The second-order valence-corrected chi connectivity index (χ2v) is 8.23. The van der Waals surface area contributed by atoms with Gasteiger partial charge in [-0.1, -0.05) is 24.3 Å². The van der Waals surface area contributed by atoms with Crippen LogP contribution in [0.1, 0.15) is 20.7 Å². The van der Waals surface area contributed by atoms with Crippen LogP contribution in [0.4, 0.5) is 0 Å². The van der Waals surface area contributed by atoms with E-state index >= 15 is 0 Å². The fraction of sp³-hybridized carbons (Fsp3) is 0. The quantitative estimate of drug-likeness (QED) is 0.286. The normalized spacial score (nSPS) is 10.2. The molecule has 0 atom stereocenters. The average Bonchev–Trinajstić information content (AvgIpc) is 3.40. The number of nitrogens with zero attached hydrogens (tertiary/aromatic N) is 4. The van der Waals surface area contributed by atoms with Gasteiger partial charge >= 0.3 is 11.9 Å². The minimum absolute atomic E-state index is 0.242. The van der Waals surface area contributed by atoms with E-state index in [4.69, 9.17) is 5.11 Å². The molecule has 0 spiro atoms. The van der Waals surface area contributed by atoms with E-state index < -0.39 is 11.9 Å². The summed E-state index contributed by atoms with van der Waals surface area (Å²) in [7, 11) is 0. The molecule has 8 nitrogen and oxygen atoms in total. The first kappa shape index (κ1) is 24.5. The second-order valence-electron chi connectivity index (χ2n) is 7.43. The van der Waals surface area contributed by atoms with Gasteiger partial charge in [-0.15, -0.1) is 0 Å². The standard InChI is InChI=1S/C15H11N3O2.C12H8BrNO2/c19-15(20)12-3-1-2-4-14(12)18-9-13(17-10-18)11-5-7-16-8-6-11;13-11-9(8-4-6-14-7-5-8)2-1-3-10(11)12(15)16/h1-10H,(H,19,20);1-7H,(H,15,16). The SMILES string of the molecule is O=C(O)c1cccc(-c2ccncc2)c1Br.O=C(O)c1ccccc1-n1cnc(-c2ccncc2)c1. The van der Waals surface area contributed by atoms with Crippen molar-refractivity contribution in [1.29, 1.82) is 0 Å². The maximum atomic E-state index is 11.2. The van der Waals surface area contributed by atoms with Crippen LogP contribution in [-0.2, 0) is 0 Å². The summed E-state index contributed by atoms with van der Waals surface area (Å²) < 4.78 is 2.30. The highest BCUT2D eigenvalue weighted by atomic mass is 79.9. The number of carboxylic acid groups (broad SMARTS) is 2. The van der Waals surface area contributed by atoms with Crippen LogP contribution in [0, 0.1) is 0 Å². The molecule has 2 N–H and O–H groups in total. The molecule has 0 amide bonds. The predicted molar refractivity (Wildman–Crippen MR) is 138 cm³/mol. The Kier molecular flexibility index (Phi) is 7.62. The molecule has 0 saturated heterocycles. The molecular formula is C27H19BrN4O4. The van der Waals surface area contributed by atoms with Gasteiger partial charge in [-0.2, -0.15) is 0 Å². The molecular weight excluding hydrogens is 524 g/mol. The molecule has 3 aromatic heterocycles. The lowest BCUT2D eigenvalue weighted by molar-refractivity contribution is 0.0685. The van der Waals surface area contributed by atoms with Crippen molar-refractivity contribution >= 4 is 27.9 Å². The highest BCUT2D eigenvalue weighted by molar-refractivity contribution is 9.10. The number of benzene rings is 2. The van der Waals surface area contributed by atoms with Gasteiger partial charge in [0.05, 0.1) is 28.8 Å². The molecule has 5 aromatic rings. The van der Waals surface area contributed by atoms with Gasteiger partial charge in [0.2, 0.25) is 0 Å². The van der Waals surface area contributed by atoms with Crippen LogP contribution in [0.3, 0.4) is 0 Å². The number of pyridine rings is 2. The first-order valence-electron chi connectivity index (χ1n) is 10.6. The van der Waals surface area contributed by atoms with Crippen LogP contribution in [0.5, 0.6) is 0 Å². The fourth-order valence-electron chi connectivity index (χ4n) is 3.46. The summed E-state index contributed by atoms with van der Waals surface area (Å²) in [4.78, 5) is 34.4. The Morgan fingerprint density at radius 3 is 1.94 bits per heavy atom. The van der Waals surface area contributed by atoms with Gasteiger partial charge in [-0.3, -0.25) is 9.97 Å². The number of imidazole rings is 1. The number of hydrogen-bond acceptors (Lipinski definition) is 5. The number of rotatable bonds is 5. The number of para-hydroxylation sites is 1. The highest BCUT2D eigenvalue weighted by Crippen LogP contribution is 2.30. The summed E-state index contributed by atoms with van der Waals surface area (Å²) in [5.41, 5.74) is 4.58. The Morgan fingerprint density at radius 2 is 1.31 bits per heavy atom. The molecule has 0 aliphatic heterocycles. The molecule has 0 unspecified atom stereocenters. The predicted octanol–water partition coefficient (Wildman–Crippen LogP) is 5.84. The molecule has 2 aromatic carbocycles. The zero-order valence-corrected chi connectivity index (χ0v) is 20.3. The van der Waals surface area contributed by atoms with E-state index in [9.17, 15) is 14.7 Å². The van der Waals surface area contributed by atoms with Gasteiger partial charge in [0.1, 0.15) is 0 Å². The minimum atomic E-state index is -0.959. The van der Waals surface area contributed by atoms with E-state index in [-0.39, 0.29) is 11.1 Å². The Morgan fingerprint density at radius 1 is 0.722 bits per heavy atom. The number of aromatic carboxylic acids is 2. The number of carboxylic acids is 2. The first-order valence-corrected chi connectivity index (χ1v) is 11.4. The van der Waals surface area contributed by atoms with Crippen molar-refractivity contribution in [2.45, 2.75) is 0 Å². The molecule has 9 heteroatoms. The lowest BCUT2D eigenvalue weighted by atomic mass is 10.0. The number of halogens is 1. The molecule has 5 rings (SSSR count). The molecule has 0 aliphatic rings. The summed E-state index contributed by atoms with van der Waals surface area (Å²) >= 11 is 3.32. The minimum Gasteiger partial charge on any atom is -0.478 e. The molecule has 0 bridgehead atoms. The monoisotopic (exact) mass is 542 g/mol. The summed E-state index contributed by atoms with van der Waals surface area (Å²) in [6.45, 7) is 0. The van der Waals surface area contributed by atoms with Crippen molar-refractivity contribution in [1.82, 2.24) is 19.5 Å². The van der Waals surface area contributed by atoms with Gasteiger partial charge in [-0.05, 0) is 69.5 Å². The third-order valence-corrected chi connectivity index (χ3v) is 6.05. The van der Waals surface area contributed by atoms with E-state index in [1.54, 1.807) is 78.3 Å². The van der Waals surface area contributed by atoms with Crippen molar-refractivity contribution in [3.8, 4) is 28.1 Å². The van der Waals surface area contributed by atoms with Gasteiger partial charge in [0.15, 0.2) is 0 Å². The molecule has 0 saturated carbocycles. The van der Waals surface area contributed by atoms with Crippen molar-refractivity contribution in [3.05, 3.63) is 120 Å². The lowest BCUT2D eigenvalue weighted by Gasteiger charge is -2.06. The van der Waals surface area contributed by atoms with Crippen LogP contribution in [0.15, 0.2) is 109 Å². The Balaban J connectivity index is 0.000000174. The number of hydrogen-bond donors (Lipinski definition) is 2. The molecule has 0 aliphatic carbocycles. The van der Waals surface area contributed by atoms with Crippen LogP contribution < -0.4 is 0 Å². The first-order chi connectivity index (χ1) is 17.5. The molecule has 178 valence electrons. The average molecular weight is 543 g/mol. The van der Waals surface area contributed by atoms with E-state index in [0.717, 1.165) is 22.4 Å². The topological polar surface area (TPSA) is 118 Å². The van der Waals surface area contributed by atoms with Crippen molar-refractivity contribution < 1.29 is 19.8 Å². The zero-order chi connectivity index (χ0) is 25.5. The van der Waals surface area contributed by atoms with Crippen LogP contribution in [0.25, 0.3) is 28.1 Å². The molecule has 3 heterocycles. The second kappa shape index (κ2) is 11.2. The third-order valence-electron chi connectivity index (χ3n) is 5.19. The Bertz CT molecular complexity index is 1510. The Labute approximate surface area is 214 Å². The summed E-state index contributed by atoms with van der Waals surface area (Å²) in [5, 5.41) is 18.2. The van der Waals surface area contributed by atoms with Crippen molar-refractivity contribution in [2.24, 2.45) is 0 Å². The van der Waals surface area contributed by atoms with E-state index in [1.165, 1.54) is 0 Å². The lowest BCUT2D eigenvalue weighted by Crippen LogP contribution is -2.03. The zero-order valence-electron chi connectivity index (χ0n) is 18.7. The molecule has 0 radical (unpaired) electrons. The van der Waals surface area contributed by atoms with E-state index in [1.807, 2.05) is 30.3 Å². The molecule has 36 heavy (non-hydrogen) atoms. The fourth-order valence-corrected chi connectivity index (χ4v) is 4.12. The van der Waals surface area contributed by atoms with Crippen LogP contribution in [0.2, 0.25) is 0 Å². The maximum Gasteiger partial charge on any atom is 0.337 e. The van der Waals surface area contributed by atoms with Gasteiger partial charge in [0.25, 0.3) is 0 Å². The highest BCUT2D eigenvalue weighted by Gasteiger charge is 2.13. The van der Waals surface area contributed by atoms with Crippen molar-refractivity contribution in [3.63, 3.8) is 0 Å². The summed E-state index contributed by atoms with van der Waals surface area (Å²) in [6, 6.07) is 19.4. The van der Waals surface area contributed by atoms with Gasteiger partial charge < -0.3 is 14.8 Å². The Hall–Kier alpha value is -4.63. The molecule has 0 fully saturated rings. The summed E-state index contributed by atoms with van der Waals surface area (Å²) in [6.07, 6.45) is 10.2. The number of carbonyl (C=O) groups is 2. The van der Waals surface area contributed by atoms with Crippen molar-refractivity contribution in [2.75, 3.05) is 0 Å². The van der Waals surface area contributed by atoms with Crippen LogP contribution in [-0.4, -0.2) is 41.7 Å². The van der Waals surface area contributed by atoms with Gasteiger partial charge in [0, 0.05) is 41.0 Å². The van der Waals surface area contributed by atoms with E-state index in [2.05, 4.69) is 30.9 Å². The number of aromatic nitrogens is 4. The largest absolute Gasteiger partial charge is 0.478 e. The van der Waals surface area contributed by atoms with Gasteiger partial charge in [-0.25, -0.2) is 14.6 Å². The maximum absolute atomic E-state index is 11.2. The smallest absolute Gasteiger partial charge is 0.337 e. The van der Waals surface area contributed by atoms with E-state index in [0.29, 0.717) is 10.2 Å². The summed E-state index contributed by atoms with van der Waals surface area (Å²) in [5.74, 6) is -1.90. The van der Waals surface area contributed by atoms with Crippen LogP contribution >= 0.6 is 15.9 Å². The third kappa shape index (κ3) is 5.53.